The first-order chi connectivity index (χ1) is 9.54. The van der Waals surface area contributed by atoms with Crippen molar-refractivity contribution in [2.75, 3.05) is 17.7 Å². The number of hydrogen-bond donors (Lipinski definition) is 2. The molecule has 1 amide bonds. The first-order valence-corrected chi connectivity index (χ1v) is 6.40. The fourth-order valence-corrected chi connectivity index (χ4v) is 1.82. The summed E-state index contributed by atoms with van der Waals surface area (Å²) in [6.07, 6.45) is 0. The highest BCUT2D eigenvalue weighted by Gasteiger charge is 2.06. The van der Waals surface area contributed by atoms with Gasteiger partial charge in [0.15, 0.2) is 6.61 Å². The second-order valence-corrected chi connectivity index (χ2v) is 4.73. The zero-order valence-electron chi connectivity index (χ0n) is 11.6. The van der Waals surface area contributed by atoms with E-state index in [1.54, 1.807) is 24.3 Å². The number of nitrogens with one attached hydrogen (secondary N) is 1. The Hall–Kier alpha value is -2.49. The minimum atomic E-state index is -0.212. The quantitative estimate of drug-likeness (QED) is 0.840. The van der Waals surface area contributed by atoms with Gasteiger partial charge >= 0.3 is 0 Å². The van der Waals surface area contributed by atoms with Crippen LogP contribution in [-0.2, 0) is 4.79 Å². The van der Waals surface area contributed by atoms with Crippen LogP contribution < -0.4 is 15.8 Å². The van der Waals surface area contributed by atoms with Crippen LogP contribution in [0.2, 0.25) is 0 Å². The van der Waals surface area contributed by atoms with E-state index in [-0.39, 0.29) is 12.5 Å². The Morgan fingerprint density at radius 2 is 2.00 bits per heavy atom. The van der Waals surface area contributed by atoms with Gasteiger partial charge in [-0.15, -0.1) is 0 Å². The molecule has 0 unspecified atom stereocenters. The van der Waals surface area contributed by atoms with Crippen LogP contribution in [0.4, 0.5) is 11.4 Å². The molecular formula is C16H18N2O2. The van der Waals surface area contributed by atoms with Crippen molar-refractivity contribution in [2.45, 2.75) is 13.8 Å². The lowest BCUT2D eigenvalue weighted by molar-refractivity contribution is -0.118. The average molecular weight is 270 g/mol. The Labute approximate surface area is 118 Å². The van der Waals surface area contributed by atoms with Crippen molar-refractivity contribution in [2.24, 2.45) is 0 Å². The Bertz CT molecular complexity index is 624. The minimum Gasteiger partial charge on any atom is -0.483 e. The molecule has 0 aliphatic carbocycles. The number of benzene rings is 2. The third-order valence-electron chi connectivity index (χ3n) is 2.87. The first kappa shape index (κ1) is 13.9. The third kappa shape index (κ3) is 3.75. The zero-order chi connectivity index (χ0) is 14.5. The number of carbonyl (C=O) groups is 1. The Balaban J connectivity index is 1.94. The van der Waals surface area contributed by atoms with E-state index in [4.69, 9.17) is 10.5 Å². The smallest absolute Gasteiger partial charge is 0.262 e. The molecule has 0 aliphatic rings. The van der Waals surface area contributed by atoms with E-state index in [1.165, 1.54) is 0 Å². The summed E-state index contributed by atoms with van der Waals surface area (Å²) in [5, 5.41) is 2.74. The number of aryl methyl sites for hydroxylation is 2. The lowest BCUT2D eigenvalue weighted by Crippen LogP contribution is -2.20. The molecule has 0 aromatic heterocycles. The van der Waals surface area contributed by atoms with Gasteiger partial charge in [-0.1, -0.05) is 18.2 Å². The maximum Gasteiger partial charge on any atom is 0.262 e. The van der Waals surface area contributed by atoms with Crippen LogP contribution in [0, 0.1) is 13.8 Å². The number of nitrogens with two attached hydrogens (primary N) is 1. The molecule has 4 nitrogen and oxygen atoms in total. The molecule has 0 bridgehead atoms. The number of anilines is 2. The fourth-order valence-electron chi connectivity index (χ4n) is 1.82. The lowest BCUT2D eigenvalue weighted by Gasteiger charge is -2.10. The lowest BCUT2D eigenvalue weighted by atomic mass is 10.1. The molecule has 20 heavy (non-hydrogen) atoms. The van der Waals surface area contributed by atoms with Gasteiger partial charge in [0.1, 0.15) is 5.75 Å². The van der Waals surface area contributed by atoms with Gasteiger partial charge in [-0.25, -0.2) is 0 Å². The van der Waals surface area contributed by atoms with Crippen LogP contribution in [0.5, 0.6) is 5.75 Å². The van der Waals surface area contributed by atoms with E-state index >= 15 is 0 Å². The van der Waals surface area contributed by atoms with Gasteiger partial charge in [-0.3, -0.25) is 4.79 Å². The molecule has 104 valence electrons. The van der Waals surface area contributed by atoms with Crippen molar-refractivity contribution in [1.29, 1.82) is 0 Å². The second-order valence-electron chi connectivity index (χ2n) is 4.73. The molecule has 2 aromatic rings. The van der Waals surface area contributed by atoms with E-state index in [2.05, 4.69) is 5.32 Å². The van der Waals surface area contributed by atoms with Crippen LogP contribution in [0.3, 0.4) is 0 Å². The summed E-state index contributed by atoms with van der Waals surface area (Å²) in [6.45, 7) is 3.91. The van der Waals surface area contributed by atoms with Gasteiger partial charge in [0.05, 0.1) is 0 Å². The number of ether oxygens (including phenoxy) is 1. The molecular weight excluding hydrogens is 252 g/mol. The van der Waals surface area contributed by atoms with Gasteiger partial charge in [0.2, 0.25) is 0 Å². The summed E-state index contributed by atoms with van der Waals surface area (Å²) < 4.78 is 5.54. The van der Waals surface area contributed by atoms with Gasteiger partial charge in [-0.05, 0) is 49.2 Å². The molecule has 0 radical (unpaired) electrons. The predicted molar refractivity (Wildman–Crippen MR) is 80.9 cm³/mol. The van der Waals surface area contributed by atoms with Crippen molar-refractivity contribution < 1.29 is 9.53 Å². The zero-order valence-corrected chi connectivity index (χ0v) is 11.6. The van der Waals surface area contributed by atoms with Crippen LogP contribution >= 0.6 is 0 Å². The molecule has 0 aliphatic heterocycles. The molecule has 0 spiro atoms. The monoisotopic (exact) mass is 270 g/mol. The molecule has 3 N–H and O–H groups in total. The Kier molecular flexibility index (Phi) is 4.25. The van der Waals surface area contributed by atoms with E-state index in [1.807, 2.05) is 32.0 Å². The maximum absolute atomic E-state index is 11.8. The van der Waals surface area contributed by atoms with Crippen LogP contribution in [0.15, 0.2) is 42.5 Å². The predicted octanol–water partition coefficient (Wildman–Crippen LogP) is 2.90. The molecule has 0 atom stereocenters. The second kappa shape index (κ2) is 6.10. The largest absolute Gasteiger partial charge is 0.483 e. The molecule has 0 saturated carbocycles. The minimum absolute atomic E-state index is 0.0287. The highest BCUT2D eigenvalue weighted by Crippen LogP contribution is 2.19. The van der Waals surface area contributed by atoms with Crippen molar-refractivity contribution >= 4 is 17.3 Å². The van der Waals surface area contributed by atoms with Crippen molar-refractivity contribution in [1.82, 2.24) is 0 Å². The van der Waals surface area contributed by atoms with Crippen LogP contribution in [0.25, 0.3) is 0 Å². The van der Waals surface area contributed by atoms with Gasteiger partial charge < -0.3 is 15.8 Å². The summed E-state index contributed by atoms with van der Waals surface area (Å²) >= 11 is 0. The van der Waals surface area contributed by atoms with E-state index in [0.29, 0.717) is 11.4 Å². The van der Waals surface area contributed by atoms with Crippen LogP contribution in [0.1, 0.15) is 11.1 Å². The number of hydrogen-bond acceptors (Lipinski definition) is 3. The number of nitrogen functional groups attached to an aromatic ring is 1. The van der Waals surface area contributed by atoms with Crippen LogP contribution in [-0.4, -0.2) is 12.5 Å². The first-order valence-electron chi connectivity index (χ1n) is 6.40. The summed E-state index contributed by atoms with van der Waals surface area (Å²) in [6, 6.07) is 12.9. The molecule has 2 aromatic carbocycles. The average Bonchev–Trinajstić information content (AvgIpc) is 2.40. The van der Waals surface area contributed by atoms with Crippen molar-refractivity contribution in [3.8, 4) is 5.75 Å². The molecule has 0 saturated heterocycles. The topological polar surface area (TPSA) is 64.3 Å². The summed E-state index contributed by atoms with van der Waals surface area (Å²) in [5.74, 6) is 0.518. The molecule has 0 heterocycles. The highest BCUT2D eigenvalue weighted by molar-refractivity contribution is 5.92. The van der Waals surface area contributed by atoms with Gasteiger partial charge in [0.25, 0.3) is 5.91 Å². The SMILES string of the molecule is Cc1ccc(C)c(OCC(=O)Nc2cccc(N)c2)c1. The summed E-state index contributed by atoms with van der Waals surface area (Å²) in [4.78, 5) is 11.8. The Morgan fingerprint density at radius 3 is 2.75 bits per heavy atom. The summed E-state index contributed by atoms with van der Waals surface area (Å²) in [7, 11) is 0. The maximum atomic E-state index is 11.8. The number of rotatable bonds is 4. The summed E-state index contributed by atoms with van der Waals surface area (Å²) in [5.41, 5.74) is 9.03. The molecule has 4 heteroatoms. The molecule has 2 rings (SSSR count). The van der Waals surface area contributed by atoms with E-state index < -0.39 is 0 Å². The number of carbonyl (C=O) groups excluding carboxylic acids is 1. The third-order valence-corrected chi connectivity index (χ3v) is 2.87. The van der Waals surface area contributed by atoms with E-state index in [9.17, 15) is 4.79 Å². The standard InChI is InChI=1S/C16H18N2O2/c1-11-6-7-12(2)15(8-11)20-10-16(19)18-14-5-3-4-13(17)9-14/h3-9H,10,17H2,1-2H3,(H,18,19). The number of amides is 1. The van der Waals surface area contributed by atoms with Gasteiger partial charge in [0, 0.05) is 11.4 Å². The fraction of sp³-hybridized carbons (Fsp3) is 0.188. The highest BCUT2D eigenvalue weighted by atomic mass is 16.5. The van der Waals surface area contributed by atoms with Gasteiger partial charge in [-0.2, -0.15) is 0 Å². The van der Waals surface area contributed by atoms with Crippen molar-refractivity contribution in [3.05, 3.63) is 53.6 Å². The molecule has 0 fully saturated rings. The van der Waals surface area contributed by atoms with E-state index in [0.717, 1.165) is 16.9 Å². The Morgan fingerprint density at radius 1 is 1.20 bits per heavy atom. The van der Waals surface area contributed by atoms with Crippen molar-refractivity contribution in [3.63, 3.8) is 0 Å². The normalized spacial score (nSPS) is 10.1.